The molecular weight excluding hydrogens is 552 g/mol. The summed E-state index contributed by atoms with van der Waals surface area (Å²) in [6.45, 7) is 11.0. The van der Waals surface area contributed by atoms with E-state index in [1.54, 1.807) is 11.9 Å². The number of amides is 6. The first-order chi connectivity index (χ1) is 20.4. The van der Waals surface area contributed by atoms with Crippen molar-refractivity contribution in [2.75, 3.05) is 25.5 Å². The molecule has 0 bridgehead atoms. The number of primary amides is 1. The van der Waals surface area contributed by atoms with Gasteiger partial charge in [0, 0.05) is 37.9 Å². The molecule has 0 heterocycles. The Hall–Kier alpha value is -4.22. The lowest BCUT2D eigenvalue weighted by molar-refractivity contribution is -0.127. The maximum absolute atomic E-state index is 11.9. The number of aryl methyl sites for hydroxylation is 1. The summed E-state index contributed by atoms with van der Waals surface area (Å²) in [7, 11) is 1.75. The SMILES string of the molecule is CC(CCCNC(N)=O)NC(=O)C(NC=O)C(C)C.CCCCCCN(C)C(=O)/C=C\C=O.Cc1ccc(NC=O)cc1. The Kier molecular flexibility index (Phi) is 25.4. The molecule has 0 spiro atoms. The van der Waals surface area contributed by atoms with Crippen LogP contribution in [0.1, 0.15) is 71.8 Å². The summed E-state index contributed by atoms with van der Waals surface area (Å²) in [4.78, 5) is 65.6. The lowest BCUT2D eigenvalue weighted by Crippen LogP contribution is -2.49. The van der Waals surface area contributed by atoms with E-state index in [1.807, 2.05) is 52.0 Å². The third-order valence-electron chi connectivity index (χ3n) is 6.02. The fourth-order valence-corrected chi connectivity index (χ4v) is 3.52. The Morgan fingerprint density at radius 3 is 2.12 bits per heavy atom. The molecule has 2 atom stereocenters. The Labute approximate surface area is 256 Å². The zero-order valence-corrected chi connectivity index (χ0v) is 26.6. The maximum Gasteiger partial charge on any atom is 0.312 e. The first-order valence-corrected chi connectivity index (χ1v) is 14.6. The number of allylic oxidation sites excluding steroid dienone is 1. The monoisotopic (exact) mass is 604 g/mol. The van der Waals surface area contributed by atoms with Crippen molar-refractivity contribution >= 4 is 42.6 Å². The van der Waals surface area contributed by atoms with Gasteiger partial charge in [0.05, 0.1) is 0 Å². The lowest BCUT2D eigenvalue weighted by atomic mass is 10.0. The number of urea groups is 1. The van der Waals surface area contributed by atoms with Gasteiger partial charge in [0.25, 0.3) is 0 Å². The van der Waals surface area contributed by atoms with Crippen LogP contribution in [0.2, 0.25) is 0 Å². The van der Waals surface area contributed by atoms with Gasteiger partial charge < -0.3 is 31.9 Å². The molecule has 43 heavy (non-hydrogen) atoms. The summed E-state index contributed by atoms with van der Waals surface area (Å²) < 4.78 is 0. The second-order valence-corrected chi connectivity index (χ2v) is 10.3. The van der Waals surface area contributed by atoms with Gasteiger partial charge in [0.15, 0.2) is 0 Å². The molecule has 1 aromatic carbocycles. The van der Waals surface area contributed by atoms with Crippen LogP contribution >= 0.6 is 0 Å². The normalized spacial score (nSPS) is 11.4. The summed E-state index contributed by atoms with van der Waals surface area (Å²) in [6.07, 6.45) is 10.4. The van der Waals surface area contributed by atoms with Crippen LogP contribution < -0.4 is 27.0 Å². The Morgan fingerprint density at radius 1 is 0.953 bits per heavy atom. The van der Waals surface area contributed by atoms with E-state index >= 15 is 0 Å². The highest BCUT2D eigenvalue weighted by Gasteiger charge is 2.22. The summed E-state index contributed by atoms with van der Waals surface area (Å²) in [5.41, 5.74) is 6.96. The number of likely N-dealkylation sites (N-methyl/N-ethyl adjacent to an activating group) is 1. The van der Waals surface area contributed by atoms with Gasteiger partial charge in [0.2, 0.25) is 24.6 Å². The van der Waals surface area contributed by atoms with Crippen molar-refractivity contribution in [3.8, 4) is 0 Å². The van der Waals surface area contributed by atoms with E-state index in [1.165, 1.54) is 30.6 Å². The molecule has 6 N–H and O–H groups in total. The van der Waals surface area contributed by atoms with Crippen molar-refractivity contribution in [2.24, 2.45) is 11.7 Å². The van der Waals surface area contributed by atoms with Crippen molar-refractivity contribution in [3.63, 3.8) is 0 Å². The van der Waals surface area contributed by atoms with Crippen LogP contribution in [0.4, 0.5) is 10.5 Å². The molecule has 0 saturated heterocycles. The van der Waals surface area contributed by atoms with Gasteiger partial charge in [-0.25, -0.2) is 4.79 Å². The van der Waals surface area contributed by atoms with E-state index in [0.29, 0.717) is 25.7 Å². The molecule has 0 aliphatic heterocycles. The fraction of sp³-hybridized carbons (Fsp3) is 0.548. The lowest BCUT2D eigenvalue weighted by Gasteiger charge is -2.22. The van der Waals surface area contributed by atoms with Crippen LogP contribution in [-0.2, 0) is 24.0 Å². The molecule has 0 saturated carbocycles. The van der Waals surface area contributed by atoms with Gasteiger partial charge in [0.1, 0.15) is 12.3 Å². The number of hydrogen-bond acceptors (Lipinski definition) is 6. The number of hydrogen-bond donors (Lipinski definition) is 5. The second-order valence-electron chi connectivity index (χ2n) is 10.3. The Bertz CT molecular complexity index is 968. The number of rotatable bonds is 18. The third kappa shape index (κ3) is 24.1. The smallest absolute Gasteiger partial charge is 0.312 e. The molecule has 12 heteroatoms. The van der Waals surface area contributed by atoms with Crippen LogP contribution in [0.15, 0.2) is 36.4 Å². The molecular formula is C31H52N6O6. The van der Waals surface area contributed by atoms with Crippen molar-refractivity contribution in [1.29, 1.82) is 0 Å². The van der Waals surface area contributed by atoms with Gasteiger partial charge >= 0.3 is 6.03 Å². The van der Waals surface area contributed by atoms with E-state index in [2.05, 4.69) is 28.2 Å². The molecule has 0 radical (unpaired) electrons. The number of unbranched alkanes of at least 4 members (excludes halogenated alkanes) is 3. The van der Waals surface area contributed by atoms with Crippen molar-refractivity contribution in [1.82, 2.24) is 20.9 Å². The van der Waals surface area contributed by atoms with Gasteiger partial charge in [-0.2, -0.15) is 0 Å². The molecule has 242 valence electrons. The van der Waals surface area contributed by atoms with Gasteiger partial charge in [-0.1, -0.05) is 57.7 Å². The van der Waals surface area contributed by atoms with Crippen molar-refractivity contribution in [2.45, 2.75) is 85.2 Å². The van der Waals surface area contributed by atoms with Gasteiger partial charge in [-0.3, -0.25) is 24.0 Å². The summed E-state index contributed by atoms with van der Waals surface area (Å²) in [5.74, 6) is -0.278. The second kappa shape index (κ2) is 26.7. The average Bonchev–Trinajstić information content (AvgIpc) is 2.96. The highest BCUT2D eigenvalue weighted by atomic mass is 16.2. The van der Waals surface area contributed by atoms with E-state index in [0.717, 1.165) is 37.9 Å². The van der Waals surface area contributed by atoms with E-state index < -0.39 is 12.1 Å². The third-order valence-corrected chi connectivity index (χ3v) is 6.02. The first-order valence-electron chi connectivity index (χ1n) is 14.6. The zero-order valence-electron chi connectivity index (χ0n) is 26.6. The predicted octanol–water partition coefficient (Wildman–Crippen LogP) is 3.05. The molecule has 2 unspecified atom stereocenters. The Morgan fingerprint density at radius 2 is 1.60 bits per heavy atom. The number of carbonyl (C=O) groups is 6. The Balaban J connectivity index is 0. The minimum atomic E-state index is -0.549. The number of aldehydes is 1. The number of nitrogens with zero attached hydrogens (tertiary/aromatic N) is 1. The largest absolute Gasteiger partial charge is 0.352 e. The molecule has 6 amide bonds. The molecule has 12 nitrogen and oxygen atoms in total. The summed E-state index contributed by atoms with van der Waals surface area (Å²) >= 11 is 0. The first kappa shape index (κ1) is 40.9. The standard InChI is InChI=1S/C12H24N4O3.C11H19NO2.C8H9NO/c1-8(2)10(15-7-17)11(18)16-9(3)5-4-6-14-12(13)19;1-3-4-5-6-9-12(2)11(14)8-7-10-13;1-7-2-4-8(5-3-7)9-6-10/h7-10H,4-6H2,1-3H3,(H,15,17)(H,16,18)(H3,13,14,19);7-8,10H,3-6,9H2,1-2H3;2-6H,1H3,(H,9,10)/b;8-7-;. The molecule has 0 aromatic heterocycles. The highest BCUT2D eigenvalue weighted by Crippen LogP contribution is 2.06. The zero-order chi connectivity index (χ0) is 33.0. The number of carbonyl (C=O) groups excluding carboxylic acids is 6. The molecule has 0 aliphatic rings. The van der Waals surface area contributed by atoms with E-state index in [-0.39, 0.29) is 23.8 Å². The molecule has 1 rings (SSSR count). The quantitative estimate of drug-likeness (QED) is 0.0976. The highest BCUT2D eigenvalue weighted by molar-refractivity contribution is 5.90. The molecule has 0 aliphatic carbocycles. The maximum atomic E-state index is 11.9. The predicted molar refractivity (Wildman–Crippen MR) is 170 cm³/mol. The number of nitrogens with one attached hydrogen (secondary N) is 4. The van der Waals surface area contributed by atoms with Crippen LogP contribution in [0.3, 0.4) is 0 Å². The summed E-state index contributed by atoms with van der Waals surface area (Å²) in [6, 6.07) is 6.53. The van der Waals surface area contributed by atoms with Gasteiger partial charge in [-0.05, 0) is 57.2 Å². The van der Waals surface area contributed by atoms with Crippen LogP contribution in [-0.4, -0.2) is 74.1 Å². The van der Waals surface area contributed by atoms with Crippen LogP contribution in [0, 0.1) is 12.8 Å². The topological polar surface area (TPSA) is 180 Å². The number of anilines is 1. The minimum Gasteiger partial charge on any atom is -0.352 e. The van der Waals surface area contributed by atoms with Crippen molar-refractivity contribution in [3.05, 3.63) is 42.0 Å². The van der Waals surface area contributed by atoms with Gasteiger partial charge in [-0.15, -0.1) is 0 Å². The fourth-order valence-electron chi connectivity index (χ4n) is 3.52. The van der Waals surface area contributed by atoms with Crippen LogP contribution in [0.25, 0.3) is 0 Å². The van der Waals surface area contributed by atoms with Crippen molar-refractivity contribution < 1.29 is 28.8 Å². The van der Waals surface area contributed by atoms with E-state index in [4.69, 9.17) is 5.73 Å². The minimum absolute atomic E-state index is 0.0222. The van der Waals surface area contributed by atoms with Crippen LogP contribution in [0.5, 0.6) is 0 Å². The van der Waals surface area contributed by atoms with E-state index in [9.17, 15) is 28.8 Å². The summed E-state index contributed by atoms with van der Waals surface area (Å²) in [5, 5.41) is 10.4. The molecule has 0 fully saturated rings. The average molecular weight is 605 g/mol. The number of benzene rings is 1. The molecule has 1 aromatic rings. The number of nitrogens with two attached hydrogens (primary N) is 1.